The third-order valence-electron chi connectivity index (χ3n) is 6.14. The molecule has 0 spiro atoms. The van der Waals surface area contributed by atoms with Crippen molar-refractivity contribution < 1.29 is 5.11 Å². The van der Waals surface area contributed by atoms with Crippen LogP contribution in [0.3, 0.4) is 0 Å². The number of rotatable bonds is 3. The summed E-state index contributed by atoms with van der Waals surface area (Å²) in [6, 6.07) is 12.1. The first kappa shape index (κ1) is 12.0. The fourth-order valence-corrected chi connectivity index (χ4v) is 5.33. The minimum atomic E-state index is -0.355. The minimum Gasteiger partial charge on any atom is -0.386 e. The van der Waals surface area contributed by atoms with Gasteiger partial charge < -0.3 is 5.11 Å². The van der Waals surface area contributed by atoms with Crippen LogP contribution in [0.2, 0.25) is 0 Å². The summed E-state index contributed by atoms with van der Waals surface area (Å²) in [5.41, 5.74) is 1.99. The van der Waals surface area contributed by atoms with Crippen LogP contribution in [0.1, 0.15) is 31.1 Å². The standard InChI is InChI=1S/C18H20N2O/c21-18(17-15-11-6-7-12(10-11)16(15)17)14-8-9-19-20(14)13-4-2-1-3-5-13/h1-5,8-9,11-12,15-18,21H,6-7,10H2. The van der Waals surface area contributed by atoms with Gasteiger partial charge in [0.2, 0.25) is 0 Å². The van der Waals surface area contributed by atoms with Gasteiger partial charge in [-0.1, -0.05) is 18.2 Å². The van der Waals surface area contributed by atoms with E-state index >= 15 is 0 Å². The van der Waals surface area contributed by atoms with E-state index in [1.807, 2.05) is 41.1 Å². The van der Waals surface area contributed by atoms with E-state index in [2.05, 4.69) is 5.10 Å². The maximum atomic E-state index is 10.9. The van der Waals surface area contributed by atoms with Crippen LogP contribution in [0.15, 0.2) is 42.6 Å². The van der Waals surface area contributed by atoms with Gasteiger partial charge in [0.05, 0.1) is 17.5 Å². The third-order valence-corrected chi connectivity index (χ3v) is 6.14. The van der Waals surface area contributed by atoms with Gasteiger partial charge in [-0.25, -0.2) is 4.68 Å². The molecule has 2 aromatic rings. The number of para-hydroxylation sites is 1. The van der Waals surface area contributed by atoms with Crippen LogP contribution in [-0.4, -0.2) is 14.9 Å². The summed E-state index contributed by atoms with van der Waals surface area (Å²) < 4.78 is 1.90. The molecule has 3 fully saturated rings. The lowest BCUT2D eigenvalue weighted by Crippen LogP contribution is -2.13. The molecule has 3 nitrogen and oxygen atoms in total. The van der Waals surface area contributed by atoms with Gasteiger partial charge in [0.15, 0.2) is 0 Å². The second kappa shape index (κ2) is 4.20. The average Bonchev–Trinajstić information content (AvgIpc) is 2.92. The topological polar surface area (TPSA) is 38.1 Å². The monoisotopic (exact) mass is 280 g/mol. The lowest BCUT2D eigenvalue weighted by molar-refractivity contribution is 0.123. The van der Waals surface area contributed by atoms with E-state index in [-0.39, 0.29) is 6.10 Å². The largest absolute Gasteiger partial charge is 0.386 e. The molecule has 1 aromatic heterocycles. The Labute approximate surface area is 124 Å². The molecule has 21 heavy (non-hydrogen) atoms. The molecule has 5 rings (SSSR count). The first-order valence-corrected chi connectivity index (χ1v) is 8.12. The zero-order valence-corrected chi connectivity index (χ0v) is 12.0. The van der Waals surface area contributed by atoms with Gasteiger partial charge in [0.25, 0.3) is 0 Å². The number of aliphatic hydroxyl groups excluding tert-OH is 1. The Morgan fingerprint density at radius 3 is 2.48 bits per heavy atom. The molecule has 5 atom stereocenters. The van der Waals surface area contributed by atoms with Gasteiger partial charge in [0.1, 0.15) is 0 Å². The highest BCUT2D eigenvalue weighted by atomic mass is 16.3. The molecule has 3 saturated carbocycles. The first-order valence-electron chi connectivity index (χ1n) is 8.12. The van der Waals surface area contributed by atoms with Crippen molar-refractivity contribution >= 4 is 0 Å². The van der Waals surface area contributed by atoms with Gasteiger partial charge in [-0.3, -0.25) is 0 Å². The molecule has 5 unspecified atom stereocenters. The van der Waals surface area contributed by atoms with Crippen molar-refractivity contribution in [2.24, 2.45) is 29.6 Å². The molecule has 3 heteroatoms. The van der Waals surface area contributed by atoms with Crippen molar-refractivity contribution in [2.45, 2.75) is 25.4 Å². The smallest absolute Gasteiger partial charge is 0.0994 e. The van der Waals surface area contributed by atoms with Crippen molar-refractivity contribution in [3.05, 3.63) is 48.3 Å². The van der Waals surface area contributed by atoms with Crippen LogP contribution in [0.4, 0.5) is 0 Å². The summed E-state index contributed by atoms with van der Waals surface area (Å²) in [5, 5.41) is 15.3. The number of hydrogen-bond acceptors (Lipinski definition) is 2. The van der Waals surface area contributed by atoms with E-state index in [0.717, 1.165) is 35.1 Å². The maximum Gasteiger partial charge on any atom is 0.0994 e. The first-order chi connectivity index (χ1) is 10.3. The Morgan fingerprint density at radius 2 is 1.76 bits per heavy atom. The molecule has 0 radical (unpaired) electrons. The summed E-state index contributed by atoms with van der Waals surface area (Å²) >= 11 is 0. The van der Waals surface area contributed by atoms with Gasteiger partial charge in [-0.15, -0.1) is 0 Å². The third kappa shape index (κ3) is 1.61. The Balaban J connectivity index is 1.46. The van der Waals surface area contributed by atoms with Gasteiger partial charge in [-0.05, 0) is 67.1 Å². The molecular weight excluding hydrogens is 260 g/mol. The van der Waals surface area contributed by atoms with E-state index in [9.17, 15) is 5.11 Å². The van der Waals surface area contributed by atoms with Crippen molar-refractivity contribution in [3.8, 4) is 5.69 Å². The zero-order valence-electron chi connectivity index (χ0n) is 12.0. The number of aliphatic hydroxyl groups is 1. The van der Waals surface area contributed by atoms with Crippen LogP contribution in [0.25, 0.3) is 5.69 Å². The number of aromatic nitrogens is 2. The molecule has 108 valence electrons. The van der Waals surface area contributed by atoms with Gasteiger partial charge in [0, 0.05) is 6.20 Å². The predicted octanol–water partition coefficient (Wildman–Crippen LogP) is 3.20. The number of fused-ring (bicyclic) bond motifs is 5. The van der Waals surface area contributed by atoms with E-state index in [1.54, 1.807) is 6.20 Å². The van der Waals surface area contributed by atoms with E-state index in [4.69, 9.17) is 0 Å². The molecule has 0 aliphatic heterocycles. The minimum absolute atomic E-state index is 0.355. The van der Waals surface area contributed by atoms with Crippen LogP contribution in [0, 0.1) is 29.6 Å². The molecule has 3 aliphatic rings. The highest BCUT2D eigenvalue weighted by Gasteiger charge is 2.67. The number of benzene rings is 1. The van der Waals surface area contributed by atoms with Crippen molar-refractivity contribution in [2.75, 3.05) is 0 Å². The Kier molecular flexibility index (Phi) is 2.40. The summed E-state index contributed by atoms with van der Waals surface area (Å²) in [6.07, 6.45) is 5.67. The maximum absolute atomic E-state index is 10.9. The normalized spacial score (nSPS) is 37.5. The van der Waals surface area contributed by atoms with E-state index < -0.39 is 0 Å². The highest BCUT2D eigenvalue weighted by molar-refractivity contribution is 5.33. The highest BCUT2D eigenvalue weighted by Crippen LogP contribution is 2.72. The molecule has 2 bridgehead atoms. The second-order valence-corrected chi connectivity index (χ2v) is 7.01. The van der Waals surface area contributed by atoms with Crippen molar-refractivity contribution in [1.29, 1.82) is 0 Å². The summed E-state index contributed by atoms with van der Waals surface area (Å²) in [6.45, 7) is 0. The summed E-state index contributed by atoms with van der Waals surface area (Å²) in [7, 11) is 0. The predicted molar refractivity (Wildman–Crippen MR) is 79.8 cm³/mol. The van der Waals surface area contributed by atoms with Crippen LogP contribution < -0.4 is 0 Å². The molecule has 1 N–H and O–H groups in total. The molecule has 0 amide bonds. The molecule has 3 aliphatic carbocycles. The quantitative estimate of drug-likeness (QED) is 0.937. The Bertz CT molecular complexity index is 649. The van der Waals surface area contributed by atoms with Gasteiger partial charge >= 0.3 is 0 Å². The van der Waals surface area contributed by atoms with Crippen molar-refractivity contribution in [3.63, 3.8) is 0 Å². The lowest BCUT2D eigenvalue weighted by Gasteiger charge is -2.17. The Morgan fingerprint density at radius 1 is 1.05 bits per heavy atom. The second-order valence-electron chi connectivity index (χ2n) is 7.01. The molecular formula is C18H20N2O. The molecule has 1 heterocycles. The van der Waals surface area contributed by atoms with Crippen molar-refractivity contribution in [1.82, 2.24) is 9.78 Å². The average molecular weight is 280 g/mol. The van der Waals surface area contributed by atoms with E-state index in [0.29, 0.717) is 5.92 Å². The number of hydrogen-bond donors (Lipinski definition) is 1. The fraction of sp³-hybridized carbons (Fsp3) is 0.500. The zero-order chi connectivity index (χ0) is 14.0. The number of nitrogens with zero attached hydrogens (tertiary/aromatic N) is 2. The van der Waals surface area contributed by atoms with Crippen LogP contribution >= 0.6 is 0 Å². The van der Waals surface area contributed by atoms with Crippen LogP contribution in [-0.2, 0) is 0 Å². The fourth-order valence-electron chi connectivity index (χ4n) is 5.33. The molecule has 0 saturated heterocycles. The lowest BCUT2D eigenvalue weighted by atomic mass is 9.97. The van der Waals surface area contributed by atoms with Crippen LogP contribution in [0.5, 0.6) is 0 Å². The summed E-state index contributed by atoms with van der Waals surface area (Å²) in [5.74, 6) is 3.85. The molecule has 1 aromatic carbocycles. The van der Waals surface area contributed by atoms with E-state index in [1.165, 1.54) is 19.3 Å². The van der Waals surface area contributed by atoms with Gasteiger partial charge in [-0.2, -0.15) is 5.10 Å². The Hall–Kier alpha value is -1.61. The summed E-state index contributed by atoms with van der Waals surface area (Å²) in [4.78, 5) is 0. The SMILES string of the molecule is OC(c1ccnn1-c1ccccc1)C1C2C3CCC(C3)C21.